The van der Waals surface area contributed by atoms with E-state index in [9.17, 15) is 4.79 Å². The first-order valence-electron chi connectivity index (χ1n) is 4.32. The zero-order valence-corrected chi connectivity index (χ0v) is 7.95. The lowest BCUT2D eigenvalue weighted by Crippen LogP contribution is -2.41. The third-order valence-corrected chi connectivity index (χ3v) is 2.58. The molecule has 1 fully saturated rings. The average molecular weight is 185 g/mol. The molecule has 1 amide bonds. The van der Waals surface area contributed by atoms with Crippen molar-refractivity contribution >= 4 is 11.7 Å². The van der Waals surface area contributed by atoms with Crippen LogP contribution >= 0.6 is 0 Å². The Morgan fingerprint density at radius 2 is 2.23 bits per heavy atom. The van der Waals surface area contributed by atoms with E-state index in [1.807, 2.05) is 6.92 Å². The largest absolute Gasteiger partial charge is 0.409 e. The van der Waals surface area contributed by atoms with Gasteiger partial charge in [0, 0.05) is 13.6 Å². The minimum atomic E-state index is -0.695. The monoisotopic (exact) mass is 185 g/mol. The Morgan fingerprint density at radius 3 is 2.54 bits per heavy atom. The summed E-state index contributed by atoms with van der Waals surface area (Å²) < 4.78 is 0. The minimum Gasteiger partial charge on any atom is -0.409 e. The van der Waals surface area contributed by atoms with E-state index in [-0.39, 0.29) is 11.7 Å². The van der Waals surface area contributed by atoms with Crippen molar-refractivity contribution in [2.75, 3.05) is 13.6 Å². The molecule has 1 saturated carbocycles. The molecule has 0 heterocycles. The molecule has 1 aliphatic carbocycles. The van der Waals surface area contributed by atoms with Crippen LogP contribution in [-0.4, -0.2) is 35.4 Å². The van der Waals surface area contributed by atoms with Crippen LogP contribution in [0.25, 0.3) is 0 Å². The highest BCUT2D eigenvalue weighted by Gasteiger charge is 2.55. The summed E-state index contributed by atoms with van der Waals surface area (Å²) in [5, 5.41) is 11.4. The van der Waals surface area contributed by atoms with E-state index in [2.05, 4.69) is 5.16 Å². The summed E-state index contributed by atoms with van der Waals surface area (Å²) in [6.45, 7) is 2.53. The molecule has 0 radical (unpaired) electrons. The molecule has 0 aromatic heterocycles. The highest BCUT2D eigenvalue weighted by molar-refractivity contribution is 6.09. The third kappa shape index (κ3) is 1.46. The molecule has 0 aromatic rings. The zero-order chi connectivity index (χ0) is 10.1. The van der Waals surface area contributed by atoms with E-state index in [1.54, 1.807) is 11.9 Å². The minimum absolute atomic E-state index is 0.0396. The number of nitrogens with zero attached hydrogens (tertiary/aromatic N) is 2. The number of hydrogen-bond donors (Lipinski definition) is 2. The molecule has 0 aliphatic heterocycles. The number of rotatable bonds is 3. The van der Waals surface area contributed by atoms with Crippen molar-refractivity contribution < 1.29 is 10.0 Å². The van der Waals surface area contributed by atoms with Crippen molar-refractivity contribution in [3.05, 3.63) is 0 Å². The van der Waals surface area contributed by atoms with Crippen molar-refractivity contribution in [1.29, 1.82) is 0 Å². The first-order chi connectivity index (χ1) is 6.08. The number of carbonyl (C=O) groups is 1. The number of nitrogens with two attached hydrogens (primary N) is 1. The Morgan fingerprint density at radius 1 is 1.69 bits per heavy atom. The van der Waals surface area contributed by atoms with Crippen LogP contribution < -0.4 is 5.73 Å². The van der Waals surface area contributed by atoms with E-state index in [0.29, 0.717) is 19.4 Å². The highest BCUT2D eigenvalue weighted by atomic mass is 16.4. The fourth-order valence-electron chi connectivity index (χ4n) is 1.31. The summed E-state index contributed by atoms with van der Waals surface area (Å²) in [6, 6.07) is 0. The summed E-state index contributed by atoms with van der Waals surface area (Å²) in [6.07, 6.45) is 1.37. The van der Waals surface area contributed by atoms with Gasteiger partial charge in [-0.1, -0.05) is 5.16 Å². The molecule has 0 saturated heterocycles. The van der Waals surface area contributed by atoms with Gasteiger partial charge in [-0.3, -0.25) is 4.79 Å². The number of carbonyl (C=O) groups excluding carboxylic acids is 1. The van der Waals surface area contributed by atoms with Gasteiger partial charge >= 0.3 is 0 Å². The van der Waals surface area contributed by atoms with E-state index >= 15 is 0 Å². The van der Waals surface area contributed by atoms with Gasteiger partial charge in [-0.05, 0) is 19.8 Å². The predicted molar refractivity (Wildman–Crippen MR) is 48.4 cm³/mol. The van der Waals surface area contributed by atoms with Gasteiger partial charge in [-0.2, -0.15) is 0 Å². The molecule has 5 heteroatoms. The van der Waals surface area contributed by atoms with Gasteiger partial charge in [0.05, 0.1) is 0 Å². The van der Waals surface area contributed by atoms with E-state index in [0.717, 1.165) is 0 Å². The van der Waals surface area contributed by atoms with Crippen LogP contribution in [0.2, 0.25) is 0 Å². The van der Waals surface area contributed by atoms with Crippen molar-refractivity contribution in [2.45, 2.75) is 19.8 Å². The first kappa shape index (κ1) is 9.83. The smallest absolute Gasteiger partial charge is 0.236 e. The maximum absolute atomic E-state index is 11.7. The molecule has 0 aromatic carbocycles. The Balaban J connectivity index is 2.77. The van der Waals surface area contributed by atoms with Gasteiger partial charge < -0.3 is 15.8 Å². The van der Waals surface area contributed by atoms with Crippen molar-refractivity contribution in [1.82, 2.24) is 4.90 Å². The van der Waals surface area contributed by atoms with Gasteiger partial charge in [0.2, 0.25) is 5.91 Å². The van der Waals surface area contributed by atoms with Crippen LogP contribution in [0.3, 0.4) is 0 Å². The first-order valence-corrected chi connectivity index (χ1v) is 4.32. The number of hydrogen-bond acceptors (Lipinski definition) is 3. The maximum atomic E-state index is 11.7. The van der Waals surface area contributed by atoms with Crippen LogP contribution in [0.5, 0.6) is 0 Å². The second-order valence-electron chi connectivity index (χ2n) is 3.39. The van der Waals surface area contributed by atoms with Crippen LogP contribution in [-0.2, 0) is 4.79 Å². The van der Waals surface area contributed by atoms with Crippen LogP contribution in [0.15, 0.2) is 5.16 Å². The second-order valence-corrected chi connectivity index (χ2v) is 3.39. The molecule has 13 heavy (non-hydrogen) atoms. The lowest BCUT2D eigenvalue weighted by molar-refractivity contribution is -0.133. The summed E-state index contributed by atoms with van der Waals surface area (Å²) in [5.74, 6) is -0.0110. The summed E-state index contributed by atoms with van der Waals surface area (Å²) >= 11 is 0. The molecule has 1 aliphatic rings. The fourth-order valence-corrected chi connectivity index (χ4v) is 1.31. The Bertz CT molecular complexity index is 246. The van der Waals surface area contributed by atoms with Crippen LogP contribution in [0.4, 0.5) is 0 Å². The lowest BCUT2D eigenvalue weighted by Gasteiger charge is -2.20. The molecular formula is C8H15N3O2. The maximum Gasteiger partial charge on any atom is 0.236 e. The zero-order valence-electron chi connectivity index (χ0n) is 7.95. The molecule has 0 unspecified atom stereocenters. The van der Waals surface area contributed by atoms with E-state index < -0.39 is 5.41 Å². The van der Waals surface area contributed by atoms with Gasteiger partial charge in [-0.15, -0.1) is 0 Å². The van der Waals surface area contributed by atoms with E-state index in [1.165, 1.54) is 0 Å². The van der Waals surface area contributed by atoms with Gasteiger partial charge in [0.1, 0.15) is 5.41 Å². The quantitative estimate of drug-likeness (QED) is 0.281. The Labute approximate surface area is 77.2 Å². The summed E-state index contributed by atoms with van der Waals surface area (Å²) in [7, 11) is 1.72. The van der Waals surface area contributed by atoms with Crippen molar-refractivity contribution in [3.63, 3.8) is 0 Å². The molecule has 3 N–H and O–H groups in total. The fraction of sp³-hybridized carbons (Fsp3) is 0.750. The predicted octanol–water partition coefficient (Wildman–Crippen LogP) is -0.00870. The van der Waals surface area contributed by atoms with Crippen molar-refractivity contribution in [3.8, 4) is 0 Å². The lowest BCUT2D eigenvalue weighted by atomic mass is 10.0. The Hall–Kier alpha value is -1.26. The highest BCUT2D eigenvalue weighted by Crippen LogP contribution is 2.47. The van der Waals surface area contributed by atoms with E-state index in [4.69, 9.17) is 10.9 Å². The van der Waals surface area contributed by atoms with Gasteiger partial charge in [0.15, 0.2) is 5.84 Å². The number of oxime groups is 1. The standard InChI is InChI=1S/C8H15N3O2/c1-3-11(2)7(12)8(4-5-8)6(9)10-13/h13H,3-5H2,1-2H3,(H2,9,10). The molecule has 74 valence electrons. The molecule has 0 spiro atoms. The topological polar surface area (TPSA) is 78.9 Å². The molecular weight excluding hydrogens is 170 g/mol. The average Bonchev–Trinajstić information content (AvgIpc) is 2.95. The molecule has 5 nitrogen and oxygen atoms in total. The van der Waals surface area contributed by atoms with Crippen LogP contribution in [0.1, 0.15) is 19.8 Å². The van der Waals surface area contributed by atoms with Gasteiger partial charge in [0.25, 0.3) is 0 Å². The summed E-state index contributed by atoms with van der Waals surface area (Å²) in [5.41, 5.74) is 4.76. The molecule has 0 bridgehead atoms. The molecule has 0 atom stereocenters. The Kier molecular flexibility index (Phi) is 2.45. The van der Waals surface area contributed by atoms with Gasteiger partial charge in [-0.25, -0.2) is 0 Å². The SMILES string of the molecule is CCN(C)C(=O)C1(C(N)=NO)CC1. The number of amides is 1. The molecule has 1 rings (SSSR count). The normalized spacial score (nSPS) is 19.7. The summed E-state index contributed by atoms with van der Waals surface area (Å²) in [4.78, 5) is 13.3. The third-order valence-electron chi connectivity index (χ3n) is 2.58. The van der Waals surface area contributed by atoms with Crippen molar-refractivity contribution in [2.24, 2.45) is 16.3 Å². The number of amidine groups is 1. The van der Waals surface area contributed by atoms with Crippen LogP contribution in [0, 0.1) is 5.41 Å². The second kappa shape index (κ2) is 3.24.